The predicted molar refractivity (Wildman–Crippen MR) is 68.3 cm³/mol. The largest absolute Gasteiger partial charge is 0.437 e. The number of ether oxygens (including phenoxy) is 1. The van der Waals surface area contributed by atoms with Crippen molar-refractivity contribution in [3.8, 4) is 11.6 Å². The maximum absolute atomic E-state index is 12.9. The van der Waals surface area contributed by atoms with Gasteiger partial charge < -0.3 is 10.5 Å². The Hall–Kier alpha value is -1.65. The number of benzene rings is 1. The fourth-order valence-electron chi connectivity index (χ4n) is 1.50. The maximum Gasteiger partial charge on any atom is 0.224 e. The van der Waals surface area contributed by atoms with Gasteiger partial charge in [0.05, 0.1) is 5.02 Å². The highest BCUT2D eigenvalue weighted by molar-refractivity contribution is 6.32. The molecule has 0 saturated heterocycles. The highest BCUT2D eigenvalue weighted by atomic mass is 35.5. The third kappa shape index (κ3) is 2.78. The summed E-state index contributed by atoms with van der Waals surface area (Å²) in [5.41, 5.74) is 6.58. The van der Waals surface area contributed by atoms with E-state index in [1.54, 1.807) is 12.3 Å². The summed E-state index contributed by atoms with van der Waals surface area (Å²) >= 11 is 5.89. The van der Waals surface area contributed by atoms with Crippen molar-refractivity contribution in [1.29, 1.82) is 0 Å². The van der Waals surface area contributed by atoms with Crippen LogP contribution in [0.2, 0.25) is 5.02 Å². The van der Waals surface area contributed by atoms with Crippen LogP contribution in [0.4, 0.5) is 4.39 Å². The summed E-state index contributed by atoms with van der Waals surface area (Å²) in [7, 11) is 0. The lowest BCUT2D eigenvalue weighted by Gasteiger charge is -2.12. The molecule has 1 heterocycles. The van der Waals surface area contributed by atoms with Crippen LogP contribution in [0.3, 0.4) is 0 Å². The Bertz CT molecular complexity index is 560. The van der Waals surface area contributed by atoms with Gasteiger partial charge in [-0.15, -0.1) is 0 Å². The first-order valence-electron chi connectivity index (χ1n) is 5.41. The molecule has 0 radical (unpaired) electrons. The van der Waals surface area contributed by atoms with Gasteiger partial charge in [-0.25, -0.2) is 9.37 Å². The van der Waals surface area contributed by atoms with Crippen LogP contribution in [0.1, 0.15) is 18.5 Å². The van der Waals surface area contributed by atoms with Crippen molar-refractivity contribution < 1.29 is 9.13 Å². The second-order valence-electron chi connectivity index (χ2n) is 3.86. The molecule has 94 valence electrons. The summed E-state index contributed by atoms with van der Waals surface area (Å²) in [4.78, 5) is 4.10. The first-order chi connectivity index (χ1) is 8.58. The van der Waals surface area contributed by atoms with Crippen LogP contribution >= 0.6 is 11.6 Å². The lowest BCUT2D eigenvalue weighted by atomic mass is 10.1. The summed E-state index contributed by atoms with van der Waals surface area (Å²) < 4.78 is 18.5. The fraction of sp³-hybridized carbons (Fsp3) is 0.154. The SMILES string of the molecule is C[C@H](N)c1cccnc1Oc1ccc(F)cc1Cl. The van der Waals surface area contributed by atoms with Crippen LogP contribution in [0.15, 0.2) is 36.5 Å². The van der Waals surface area contributed by atoms with Gasteiger partial charge in [0.1, 0.15) is 11.6 Å². The topological polar surface area (TPSA) is 48.1 Å². The molecule has 2 rings (SSSR count). The van der Waals surface area contributed by atoms with E-state index < -0.39 is 5.82 Å². The van der Waals surface area contributed by atoms with Gasteiger partial charge in [-0.3, -0.25) is 0 Å². The van der Waals surface area contributed by atoms with Crippen molar-refractivity contribution >= 4 is 11.6 Å². The van der Waals surface area contributed by atoms with Gasteiger partial charge in [0.2, 0.25) is 5.88 Å². The van der Waals surface area contributed by atoms with E-state index >= 15 is 0 Å². The average molecular weight is 267 g/mol. The van der Waals surface area contributed by atoms with Gasteiger partial charge in [0.15, 0.2) is 0 Å². The molecule has 3 nitrogen and oxygen atoms in total. The molecule has 0 spiro atoms. The van der Waals surface area contributed by atoms with Gasteiger partial charge in [0.25, 0.3) is 0 Å². The van der Waals surface area contributed by atoms with Crippen molar-refractivity contribution in [2.75, 3.05) is 0 Å². The highest BCUT2D eigenvalue weighted by Gasteiger charge is 2.11. The second kappa shape index (κ2) is 5.33. The number of pyridine rings is 1. The van der Waals surface area contributed by atoms with E-state index in [1.807, 2.05) is 13.0 Å². The zero-order valence-corrected chi connectivity index (χ0v) is 10.5. The zero-order chi connectivity index (χ0) is 13.1. The fourth-order valence-corrected chi connectivity index (χ4v) is 1.70. The Labute approximate surface area is 109 Å². The van der Waals surface area contributed by atoms with Crippen molar-refractivity contribution in [3.63, 3.8) is 0 Å². The highest BCUT2D eigenvalue weighted by Crippen LogP contribution is 2.31. The van der Waals surface area contributed by atoms with Gasteiger partial charge >= 0.3 is 0 Å². The average Bonchev–Trinajstić information content (AvgIpc) is 2.33. The predicted octanol–water partition coefficient (Wildman–Crippen LogP) is 3.69. The van der Waals surface area contributed by atoms with Crippen molar-refractivity contribution in [2.24, 2.45) is 5.73 Å². The molecule has 1 atom stereocenters. The molecule has 0 saturated carbocycles. The van der Waals surface area contributed by atoms with E-state index in [0.717, 1.165) is 5.56 Å². The van der Waals surface area contributed by atoms with E-state index in [1.165, 1.54) is 18.2 Å². The van der Waals surface area contributed by atoms with Crippen LogP contribution in [-0.4, -0.2) is 4.98 Å². The molecule has 0 aliphatic rings. The summed E-state index contributed by atoms with van der Waals surface area (Å²) in [6, 6.07) is 7.30. The molecule has 0 bridgehead atoms. The number of halogens is 2. The van der Waals surface area contributed by atoms with Gasteiger partial charge in [-0.1, -0.05) is 17.7 Å². The number of hydrogen-bond donors (Lipinski definition) is 1. The summed E-state index contributed by atoms with van der Waals surface area (Å²) in [6.45, 7) is 1.83. The van der Waals surface area contributed by atoms with Gasteiger partial charge in [-0.05, 0) is 31.2 Å². The van der Waals surface area contributed by atoms with Gasteiger partial charge in [-0.2, -0.15) is 0 Å². The van der Waals surface area contributed by atoms with E-state index in [2.05, 4.69) is 4.98 Å². The van der Waals surface area contributed by atoms with Crippen LogP contribution in [-0.2, 0) is 0 Å². The van der Waals surface area contributed by atoms with Crippen molar-refractivity contribution in [2.45, 2.75) is 13.0 Å². The molecule has 18 heavy (non-hydrogen) atoms. The quantitative estimate of drug-likeness (QED) is 0.922. The van der Waals surface area contributed by atoms with Crippen LogP contribution in [0, 0.1) is 5.82 Å². The summed E-state index contributed by atoms with van der Waals surface area (Å²) in [5, 5.41) is 0.191. The molecule has 1 aromatic heterocycles. The zero-order valence-electron chi connectivity index (χ0n) is 9.73. The van der Waals surface area contributed by atoms with Crippen LogP contribution in [0.5, 0.6) is 11.6 Å². The molecule has 0 aliphatic heterocycles. The van der Waals surface area contributed by atoms with E-state index in [-0.39, 0.29) is 11.1 Å². The molecule has 0 amide bonds. The Morgan fingerprint density at radius 1 is 1.39 bits per heavy atom. The number of aromatic nitrogens is 1. The number of nitrogens with zero attached hydrogens (tertiary/aromatic N) is 1. The van der Waals surface area contributed by atoms with Gasteiger partial charge in [0, 0.05) is 17.8 Å². The lowest BCUT2D eigenvalue weighted by Crippen LogP contribution is -2.07. The molecule has 0 unspecified atom stereocenters. The second-order valence-corrected chi connectivity index (χ2v) is 4.27. The molecular formula is C13H12ClFN2O. The Morgan fingerprint density at radius 2 is 2.17 bits per heavy atom. The minimum absolute atomic E-state index is 0.191. The smallest absolute Gasteiger partial charge is 0.224 e. The first kappa shape index (κ1) is 12.8. The van der Waals surface area contributed by atoms with E-state index in [4.69, 9.17) is 22.1 Å². The molecule has 5 heteroatoms. The molecule has 2 N–H and O–H groups in total. The standard InChI is InChI=1S/C13H12ClFN2O/c1-8(16)10-3-2-6-17-13(10)18-12-5-4-9(15)7-11(12)14/h2-8H,16H2,1H3/t8-/m0/s1. The number of hydrogen-bond acceptors (Lipinski definition) is 3. The lowest BCUT2D eigenvalue weighted by molar-refractivity contribution is 0.451. The monoisotopic (exact) mass is 266 g/mol. The third-order valence-electron chi connectivity index (χ3n) is 2.39. The summed E-state index contributed by atoms with van der Waals surface area (Å²) in [6.07, 6.45) is 1.60. The van der Waals surface area contributed by atoms with Crippen molar-refractivity contribution in [3.05, 3.63) is 52.9 Å². The van der Waals surface area contributed by atoms with E-state index in [9.17, 15) is 4.39 Å². The van der Waals surface area contributed by atoms with Crippen LogP contribution < -0.4 is 10.5 Å². The van der Waals surface area contributed by atoms with E-state index in [0.29, 0.717) is 11.6 Å². The molecule has 2 aromatic rings. The Balaban J connectivity index is 2.34. The third-order valence-corrected chi connectivity index (χ3v) is 2.69. The summed E-state index contributed by atoms with van der Waals surface area (Å²) in [5.74, 6) is 0.306. The molecule has 1 aromatic carbocycles. The van der Waals surface area contributed by atoms with Crippen LogP contribution in [0.25, 0.3) is 0 Å². The Kier molecular flexibility index (Phi) is 3.79. The molecule has 0 aliphatic carbocycles. The molecular weight excluding hydrogens is 255 g/mol. The minimum Gasteiger partial charge on any atom is -0.437 e. The molecule has 0 fully saturated rings. The van der Waals surface area contributed by atoms with Crippen molar-refractivity contribution in [1.82, 2.24) is 4.98 Å². The first-order valence-corrected chi connectivity index (χ1v) is 5.79. The normalized spacial score (nSPS) is 12.2. The minimum atomic E-state index is -0.416. The maximum atomic E-state index is 12.9. The number of rotatable bonds is 3. The Morgan fingerprint density at radius 3 is 2.83 bits per heavy atom. The number of nitrogens with two attached hydrogens (primary N) is 1.